The summed E-state index contributed by atoms with van der Waals surface area (Å²) >= 11 is 0. The lowest BCUT2D eigenvalue weighted by Gasteiger charge is -1.79. The summed E-state index contributed by atoms with van der Waals surface area (Å²) in [6.45, 7) is 4.09. The van der Waals surface area contributed by atoms with Crippen LogP contribution in [0.3, 0.4) is 0 Å². The van der Waals surface area contributed by atoms with E-state index in [9.17, 15) is 0 Å². The Hall–Kier alpha value is -0.790. The van der Waals surface area contributed by atoms with Gasteiger partial charge in [-0.2, -0.15) is 5.10 Å². The molecular formula is C6H10N2. The topological polar surface area (TPSA) is 28.7 Å². The van der Waals surface area contributed by atoms with Crippen molar-refractivity contribution in [3.05, 3.63) is 17.5 Å². The Morgan fingerprint density at radius 1 is 1.75 bits per heavy atom. The Balaban J connectivity index is 2.84. The van der Waals surface area contributed by atoms with E-state index in [2.05, 4.69) is 23.2 Å². The van der Waals surface area contributed by atoms with Crippen molar-refractivity contribution >= 4 is 0 Å². The fourth-order valence-corrected chi connectivity index (χ4v) is 0.658. The second kappa shape index (κ2) is 1.99. The van der Waals surface area contributed by atoms with Crippen molar-refractivity contribution in [2.75, 3.05) is 0 Å². The highest BCUT2D eigenvalue weighted by molar-refractivity contribution is 5.05. The Kier molecular flexibility index (Phi) is 1.33. The maximum Gasteiger partial charge on any atom is 0.0594 e. The number of H-pyrrole nitrogens is 1. The van der Waals surface area contributed by atoms with Gasteiger partial charge in [0.15, 0.2) is 0 Å². The molecule has 0 aromatic carbocycles. The van der Waals surface area contributed by atoms with Gasteiger partial charge < -0.3 is 0 Å². The maximum absolute atomic E-state index is 3.96. The molecule has 0 amide bonds. The van der Waals surface area contributed by atoms with Crippen LogP contribution in [-0.2, 0) is 6.42 Å². The lowest BCUT2D eigenvalue weighted by molar-refractivity contribution is 0.962. The Bertz CT molecular complexity index is 167. The van der Waals surface area contributed by atoms with Gasteiger partial charge in [-0.05, 0) is 19.4 Å². The van der Waals surface area contributed by atoms with Gasteiger partial charge in [0.2, 0.25) is 0 Å². The Labute approximate surface area is 48.9 Å². The summed E-state index contributed by atoms with van der Waals surface area (Å²) in [7, 11) is 0. The predicted molar refractivity (Wildman–Crippen MR) is 32.7 cm³/mol. The van der Waals surface area contributed by atoms with Crippen LogP contribution in [0, 0.1) is 6.92 Å². The summed E-state index contributed by atoms with van der Waals surface area (Å²) in [5, 5.41) is 6.87. The van der Waals surface area contributed by atoms with Crippen LogP contribution in [0.1, 0.15) is 18.3 Å². The first-order chi connectivity index (χ1) is 3.83. The van der Waals surface area contributed by atoms with Crippen LogP contribution in [0.5, 0.6) is 0 Å². The average molecular weight is 110 g/mol. The van der Waals surface area contributed by atoms with Crippen LogP contribution in [0.25, 0.3) is 0 Å². The van der Waals surface area contributed by atoms with Crippen molar-refractivity contribution in [1.29, 1.82) is 0 Å². The minimum Gasteiger partial charge on any atom is -0.282 e. The van der Waals surface area contributed by atoms with Crippen molar-refractivity contribution in [3.63, 3.8) is 0 Å². The molecule has 0 aliphatic heterocycles. The van der Waals surface area contributed by atoms with E-state index in [-0.39, 0.29) is 0 Å². The number of rotatable bonds is 1. The van der Waals surface area contributed by atoms with Crippen molar-refractivity contribution in [2.45, 2.75) is 20.3 Å². The van der Waals surface area contributed by atoms with Crippen molar-refractivity contribution in [3.8, 4) is 0 Å². The second-order valence-electron chi connectivity index (χ2n) is 1.89. The fraction of sp³-hybridized carbons (Fsp3) is 0.500. The molecule has 2 nitrogen and oxygen atoms in total. The first kappa shape index (κ1) is 5.35. The zero-order valence-corrected chi connectivity index (χ0v) is 5.23. The van der Waals surface area contributed by atoms with Gasteiger partial charge in [-0.1, -0.05) is 6.92 Å². The zero-order chi connectivity index (χ0) is 5.98. The zero-order valence-electron chi connectivity index (χ0n) is 5.23. The molecule has 0 spiro atoms. The maximum atomic E-state index is 3.96. The quantitative estimate of drug-likeness (QED) is 0.579. The van der Waals surface area contributed by atoms with Crippen LogP contribution in [0.4, 0.5) is 0 Å². The molecule has 2 heteroatoms. The molecule has 0 radical (unpaired) electrons. The van der Waals surface area contributed by atoms with Gasteiger partial charge >= 0.3 is 0 Å². The lowest BCUT2D eigenvalue weighted by Crippen LogP contribution is -1.76. The molecular weight excluding hydrogens is 100 g/mol. The number of hydrogen-bond donors (Lipinski definition) is 1. The SMILES string of the molecule is CCc1cc(C)n[nH]1. The van der Waals surface area contributed by atoms with Crippen molar-refractivity contribution in [1.82, 2.24) is 10.2 Å². The number of hydrogen-bond acceptors (Lipinski definition) is 1. The molecule has 1 rings (SSSR count). The normalized spacial score (nSPS) is 9.75. The van der Waals surface area contributed by atoms with Crippen LogP contribution >= 0.6 is 0 Å². The molecule has 0 bridgehead atoms. The molecule has 8 heavy (non-hydrogen) atoms. The molecule has 0 unspecified atom stereocenters. The highest BCUT2D eigenvalue weighted by Gasteiger charge is 1.89. The molecule has 1 aromatic heterocycles. The van der Waals surface area contributed by atoms with Crippen molar-refractivity contribution < 1.29 is 0 Å². The minimum absolute atomic E-state index is 1.04. The molecule has 0 atom stereocenters. The molecule has 0 aliphatic rings. The largest absolute Gasteiger partial charge is 0.282 e. The number of aromatic amines is 1. The van der Waals surface area contributed by atoms with Crippen LogP contribution < -0.4 is 0 Å². The standard InChI is InChI=1S/C6H10N2/c1-3-6-4-5(2)7-8-6/h4H,3H2,1-2H3,(H,7,8). The van der Waals surface area contributed by atoms with E-state index in [4.69, 9.17) is 0 Å². The van der Waals surface area contributed by atoms with Gasteiger partial charge in [0, 0.05) is 5.69 Å². The third-order valence-corrected chi connectivity index (χ3v) is 1.14. The number of aromatic nitrogens is 2. The van der Waals surface area contributed by atoms with Gasteiger partial charge in [0.1, 0.15) is 0 Å². The fourth-order valence-electron chi connectivity index (χ4n) is 0.658. The second-order valence-corrected chi connectivity index (χ2v) is 1.89. The van der Waals surface area contributed by atoms with Gasteiger partial charge in [0.05, 0.1) is 5.69 Å². The highest BCUT2D eigenvalue weighted by atomic mass is 15.1. The van der Waals surface area contributed by atoms with Gasteiger partial charge in [0.25, 0.3) is 0 Å². The molecule has 0 saturated heterocycles. The summed E-state index contributed by atoms with van der Waals surface area (Å²) in [6.07, 6.45) is 1.04. The lowest BCUT2D eigenvalue weighted by atomic mass is 10.3. The van der Waals surface area contributed by atoms with Crippen LogP contribution in [0.15, 0.2) is 6.07 Å². The summed E-state index contributed by atoms with van der Waals surface area (Å²) in [4.78, 5) is 0. The minimum atomic E-state index is 1.04. The summed E-state index contributed by atoms with van der Waals surface area (Å²) in [5.74, 6) is 0. The van der Waals surface area contributed by atoms with Gasteiger partial charge in [-0.15, -0.1) is 0 Å². The summed E-state index contributed by atoms with van der Waals surface area (Å²) in [6, 6.07) is 2.06. The molecule has 1 heterocycles. The third kappa shape index (κ3) is 0.886. The smallest absolute Gasteiger partial charge is 0.0594 e. The van der Waals surface area contributed by atoms with E-state index in [1.165, 1.54) is 5.69 Å². The van der Waals surface area contributed by atoms with Gasteiger partial charge in [-0.25, -0.2) is 0 Å². The Morgan fingerprint density at radius 3 is 2.75 bits per heavy atom. The molecule has 0 saturated carbocycles. The molecule has 0 aliphatic carbocycles. The van der Waals surface area contributed by atoms with Crippen molar-refractivity contribution in [2.24, 2.45) is 0 Å². The van der Waals surface area contributed by atoms with Crippen LogP contribution in [0.2, 0.25) is 0 Å². The monoisotopic (exact) mass is 110 g/mol. The van der Waals surface area contributed by atoms with E-state index in [1.807, 2.05) is 6.92 Å². The number of nitrogens with one attached hydrogen (secondary N) is 1. The van der Waals surface area contributed by atoms with E-state index in [0.717, 1.165) is 12.1 Å². The molecule has 44 valence electrons. The highest BCUT2D eigenvalue weighted by Crippen LogP contribution is 1.96. The predicted octanol–water partition coefficient (Wildman–Crippen LogP) is 1.28. The summed E-state index contributed by atoms with van der Waals surface area (Å²) < 4.78 is 0. The molecule has 0 fully saturated rings. The van der Waals surface area contributed by atoms with E-state index >= 15 is 0 Å². The van der Waals surface area contributed by atoms with E-state index < -0.39 is 0 Å². The van der Waals surface area contributed by atoms with Gasteiger partial charge in [-0.3, -0.25) is 5.10 Å². The molecule has 1 N–H and O–H groups in total. The third-order valence-electron chi connectivity index (χ3n) is 1.14. The molecule has 1 aromatic rings. The van der Waals surface area contributed by atoms with E-state index in [0.29, 0.717) is 0 Å². The van der Waals surface area contributed by atoms with E-state index in [1.54, 1.807) is 0 Å². The Morgan fingerprint density at radius 2 is 2.50 bits per heavy atom. The number of nitrogens with zero attached hydrogens (tertiary/aromatic N) is 1. The average Bonchev–Trinajstić information content (AvgIpc) is 2.14. The number of aryl methyl sites for hydroxylation is 2. The summed E-state index contributed by atoms with van der Waals surface area (Å²) in [5.41, 5.74) is 2.28. The first-order valence-electron chi connectivity index (χ1n) is 2.84. The first-order valence-corrected chi connectivity index (χ1v) is 2.84. The van der Waals surface area contributed by atoms with Crippen LogP contribution in [-0.4, -0.2) is 10.2 Å².